The molecule has 3 heteroatoms. The monoisotopic (exact) mass is 304 g/mol. The minimum atomic E-state index is 0. The van der Waals surface area contributed by atoms with Crippen LogP contribution >= 0.6 is 0 Å². The van der Waals surface area contributed by atoms with E-state index in [0.717, 1.165) is 19.1 Å². The number of benzene rings is 1. The van der Waals surface area contributed by atoms with E-state index in [1.165, 1.54) is 5.56 Å². The van der Waals surface area contributed by atoms with E-state index in [1.807, 2.05) is 6.07 Å². The van der Waals surface area contributed by atoms with Gasteiger partial charge in [-0.2, -0.15) is 6.10 Å². The van der Waals surface area contributed by atoms with Crippen LogP contribution in [-0.2, 0) is 37.4 Å². The molecule has 1 heterocycles. The van der Waals surface area contributed by atoms with Crippen molar-refractivity contribution in [2.24, 2.45) is 0 Å². The van der Waals surface area contributed by atoms with Crippen LogP contribution in [0.1, 0.15) is 18.0 Å². The van der Waals surface area contributed by atoms with Gasteiger partial charge in [0, 0.05) is 32.7 Å². The molecule has 0 N–H and O–H groups in total. The zero-order chi connectivity index (χ0) is 11.4. The van der Waals surface area contributed by atoms with E-state index in [1.54, 1.807) is 0 Å². The number of likely N-dealkylation sites (N-methyl/N-ethyl adjacent to an activating group) is 1. The van der Waals surface area contributed by atoms with Crippen molar-refractivity contribution in [2.45, 2.75) is 12.5 Å². The van der Waals surface area contributed by atoms with E-state index in [4.69, 9.17) is 4.74 Å². The average molecular weight is 304 g/mol. The zero-order valence-corrected chi connectivity index (χ0v) is 13.1. The summed E-state index contributed by atoms with van der Waals surface area (Å²) < 4.78 is 5.69. The van der Waals surface area contributed by atoms with Crippen LogP contribution in [0.5, 0.6) is 0 Å². The van der Waals surface area contributed by atoms with Crippen molar-refractivity contribution in [3.05, 3.63) is 54.7 Å². The molecule has 1 aromatic carbocycles. The standard InChI is InChI=1S/C14H17NO.Y/c1-3-11-16-13-9-10-15(2)14(13)12-7-5-4-6-8-12;/h4-8,14H,1,9-11H2,2H3;/q-2;/t14-;/m0./s1. The molecule has 1 atom stereocenters. The van der Waals surface area contributed by atoms with Crippen LogP contribution in [0.15, 0.2) is 36.9 Å². The summed E-state index contributed by atoms with van der Waals surface area (Å²) in [6.07, 6.45) is 4.90. The van der Waals surface area contributed by atoms with E-state index < -0.39 is 0 Å². The fourth-order valence-corrected chi connectivity index (χ4v) is 2.17. The van der Waals surface area contributed by atoms with Gasteiger partial charge in [-0.1, -0.05) is 41.9 Å². The van der Waals surface area contributed by atoms with Gasteiger partial charge in [-0.25, -0.2) is 0 Å². The Morgan fingerprint density at radius 2 is 2.18 bits per heavy atom. The molecular weight excluding hydrogens is 287 g/mol. The molecule has 0 aromatic heterocycles. The molecule has 0 spiro atoms. The number of hydrogen-bond acceptors (Lipinski definition) is 2. The first-order chi connectivity index (χ1) is 7.83. The third-order valence-electron chi connectivity index (χ3n) is 2.93. The zero-order valence-electron chi connectivity index (χ0n) is 10.2. The normalized spacial score (nSPS) is 21.1. The SMILES string of the molecule is C=[C-]CO[C-]1CCN(C)[C@H]1c1ccccc1.[Y]. The molecule has 1 radical (unpaired) electrons. The largest absolute Gasteiger partial charge is 0.572 e. The van der Waals surface area contributed by atoms with E-state index >= 15 is 0 Å². The Bertz CT molecular complexity index is 341. The Labute approximate surface area is 129 Å². The van der Waals surface area contributed by atoms with Gasteiger partial charge in [-0.15, -0.1) is 13.0 Å². The molecule has 1 aliphatic heterocycles. The number of ether oxygens (including phenoxy) is 1. The van der Waals surface area contributed by atoms with Crippen molar-refractivity contribution >= 4 is 0 Å². The Balaban J connectivity index is 0.00000144. The van der Waals surface area contributed by atoms with Crippen molar-refractivity contribution in [1.82, 2.24) is 4.90 Å². The number of nitrogens with zero attached hydrogens (tertiary/aromatic N) is 1. The summed E-state index contributed by atoms with van der Waals surface area (Å²) in [7, 11) is 2.13. The molecule has 0 aliphatic carbocycles. The van der Waals surface area contributed by atoms with Crippen LogP contribution in [-0.4, -0.2) is 25.1 Å². The summed E-state index contributed by atoms with van der Waals surface area (Å²) in [6.45, 7) is 5.09. The van der Waals surface area contributed by atoms with E-state index in [0.29, 0.717) is 6.61 Å². The van der Waals surface area contributed by atoms with Gasteiger partial charge < -0.3 is 15.7 Å². The molecule has 89 valence electrons. The Kier molecular flexibility index (Phi) is 6.57. The summed E-state index contributed by atoms with van der Waals surface area (Å²) in [4.78, 5) is 2.31. The third kappa shape index (κ3) is 3.72. The van der Waals surface area contributed by atoms with Crippen LogP contribution in [0, 0.1) is 12.2 Å². The van der Waals surface area contributed by atoms with Gasteiger partial charge in [0.1, 0.15) is 0 Å². The van der Waals surface area contributed by atoms with Crippen LogP contribution in [0.4, 0.5) is 0 Å². The van der Waals surface area contributed by atoms with E-state index in [-0.39, 0.29) is 38.8 Å². The fourth-order valence-electron chi connectivity index (χ4n) is 2.17. The molecule has 1 aromatic rings. The van der Waals surface area contributed by atoms with Gasteiger partial charge in [0.2, 0.25) is 0 Å². The quantitative estimate of drug-likeness (QED) is 0.793. The van der Waals surface area contributed by atoms with Crippen LogP contribution in [0.3, 0.4) is 0 Å². The second kappa shape index (κ2) is 7.43. The van der Waals surface area contributed by atoms with E-state index in [2.05, 4.69) is 48.9 Å². The van der Waals surface area contributed by atoms with Crippen molar-refractivity contribution in [3.8, 4) is 0 Å². The average Bonchev–Trinajstić information content (AvgIpc) is 2.69. The summed E-state index contributed by atoms with van der Waals surface area (Å²) in [5.41, 5.74) is 1.29. The Hall–Kier alpha value is -0.0161. The number of hydrogen-bond donors (Lipinski definition) is 0. The van der Waals surface area contributed by atoms with Gasteiger partial charge in [0.05, 0.1) is 0 Å². The molecule has 1 fully saturated rings. The van der Waals surface area contributed by atoms with Gasteiger partial charge in [0.25, 0.3) is 0 Å². The van der Waals surface area contributed by atoms with Crippen LogP contribution in [0.25, 0.3) is 0 Å². The summed E-state index contributed by atoms with van der Waals surface area (Å²) in [5.74, 6) is 0. The molecule has 1 aliphatic rings. The maximum atomic E-state index is 5.69. The van der Waals surface area contributed by atoms with Gasteiger partial charge in [-0.3, -0.25) is 6.58 Å². The first kappa shape index (κ1) is 15.0. The smallest absolute Gasteiger partial charge is 0 e. The first-order valence-corrected chi connectivity index (χ1v) is 5.56. The number of rotatable bonds is 4. The minimum Gasteiger partial charge on any atom is -0.572 e. The predicted molar refractivity (Wildman–Crippen MR) is 64.5 cm³/mol. The number of likely N-dealkylation sites (tertiary alicyclic amines) is 1. The summed E-state index contributed by atoms with van der Waals surface area (Å²) in [6, 6.07) is 10.8. The van der Waals surface area contributed by atoms with Gasteiger partial charge in [0.15, 0.2) is 0 Å². The van der Waals surface area contributed by atoms with Crippen molar-refractivity contribution in [1.29, 1.82) is 0 Å². The van der Waals surface area contributed by atoms with E-state index in [9.17, 15) is 0 Å². The molecule has 0 saturated carbocycles. The van der Waals surface area contributed by atoms with Crippen molar-refractivity contribution in [3.63, 3.8) is 0 Å². The predicted octanol–water partition coefficient (Wildman–Crippen LogP) is 2.60. The molecule has 1 saturated heterocycles. The topological polar surface area (TPSA) is 12.5 Å². The molecule has 0 amide bonds. The summed E-state index contributed by atoms with van der Waals surface area (Å²) >= 11 is 0. The maximum absolute atomic E-state index is 5.69. The molecule has 2 nitrogen and oxygen atoms in total. The molecule has 17 heavy (non-hydrogen) atoms. The molecule has 0 bridgehead atoms. The van der Waals surface area contributed by atoms with Crippen LogP contribution in [0.2, 0.25) is 0 Å². The molecular formula is C14H17NOY-2. The third-order valence-corrected chi connectivity index (χ3v) is 2.93. The molecule has 2 rings (SSSR count). The van der Waals surface area contributed by atoms with Crippen molar-refractivity contribution in [2.75, 3.05) is 20.2 Å². The van der Waals surface area contributed by atoms with Crippen LogP contribution < -0.4 is 0 Å². The first-order valence-electron chi connectivity index (χ1n) is 5.56. The summed E-state index contributed by atoms with van der Waals surface area (Å²) in [5, 5.41) is 0. The Morgan fingerprint density at radius 1 is 1.47 bits per heavy atom. The fraction of sp³-hybridized carbons (Fsp3) is 0.357. The maximum Gasteiger partial charge on any atom is 0 e. The van der Waals surface area contributed by atoms with Gasteiger partial charge in [-0.05, 0) is 13.6 Å². The minimum absolute atomic E-state index is 0. The Morgan fingerprint density at radius 3 is 2.82 bits per heavy atom. The second-order valence-corrected chi connectivity index (χ2v) is 4.05. The second-order valence-electron chi connectivity index (χ2n) is 4.05. The van der Waals surface area contributed by atoms with Crippen molar-refractivity contribution < 1.29 is 37.4 Å². The molecule has 0 unspecified atom stereocenters. The van der Waals surface area contributed by atoms with Gasteiger partial charge >= 0.3 is 0 Å².